The molecule has 3 heteroatoms. The number of rotatable bonds is 3. The number of ether oxygens (including phenoxy) is 1. The Labute approximate surface area is 59.4 Å². The normalized spacial score (nSPS) is 32.4. The maximum atomic E-state index is 12.7. The van der Waals surface area contributed by atoms with Gasteiger partial charge in [0.15, 0.2) is 0 Å². The van der Waals surface area contributed by atoms with Crippen molar-refractivity contribution in [2.24, 2.45) is 0 Å². The average Bonchev–Trinajstić information content (AvgIpc) is 2.46. The topological polar surface area (TPSA) is 12.5 Å². The van der Waals surface area contributed by atoms with Crippen LogP contribution in [0.5, 0.6) is 0 Å². The monoisotopic (exact) mass is 150 g/mol. The Kier molecular flexibility index (Phi) is 1.95. The molecule has 0 amide bonds. The van der Waals surface area contributed by atoms with E-state index < -0.39 is 12.0 Å². The minimum Gasteiger partial charge on any atom is -0.363 e. The summed E-state index contributed by atoms with van der Waals surface area (Å²) in [5, 5.41) is 0. The van der Waals surface area contributed by atoms with E-state index in [2.05, 4.69) is 4.74 Å². The van der Waals surface area contributed by atoms with Crippen LogP contribution in [0.2, 0.25) is 0 Å². The highest BCUT2D eigenvalue weighted by Crippen LogP contribution is 2.39. The van der Waals surface area contributed by atoms with Crippen LogP contribution >= 0.6 is 0 Å². The van der Waals surface area contributed by atoms with Crippen molar-refractivity contribution >= 4 is 0 Å². The quantitative estimate of drug-likeness (QED) is 0.562. The Bertz CT molecular complexity index is 125. The van der Waals surface area contributed by atoms with Crippen molar-refractivity contribution in [2.75, 3.05) is 0 Å². The predicted molar refractivity (Wildman–Crippen MR) is 34.2 cm³/mol. The summed E-state index contributed by atoms with van der Waals surface area (Å²) in [4.78, 5) is 0. The van der Waals surface area contributed by atoms with Gasteiger partial charge in [-0.05, 0) is 6.92 Å². The second-order valence-electron chi connectivity index (χ2n) is 2.77. The lowest BCUT2D eigenvalue weighted by Gasteiger charge is -2.11. The SMILES string of the molecule is CCCC(F)(F)C1OC1C. The van der Waals surface area contributed by atoms with Gasteiger partial charge in [0.2, 0.25) is 0 Å². The van der Waals surface area contributed by atoms with Crippen LogP contribution < -0.4 is 0 Å². The van der Waals surface area contributed by atoms with E-state index >= 15 is 0 Å². The van der Waals surface area contributed by atoms with Crippen molar-refractivity contribution < 1.29 is 13.5 Å². The lowest BCUT2D eigenvalue weighted by Crippen LogP contribution is -2.24. The van der Waals surface area contributed by atoms with Crippen molar-refractivity contribution in [1.29, 1.82) is 0 Å². The molecular weight excluding hydrogens is 138 g/mol. The first-order valence-electron chi connectivity index (χ1n) is 3.61. The molecule has 0 aliphatic carbocycles. The molecule has 1 aliphatic rings. The molecule has 0 aromatic rings. The predicted octanol–water partition coefficient (Wildman–Crippen LogP) is 2.21. The summed E-state index contributed by atoms with van der Waals surface area (Å²) in [7, 11) is 0. The Morgan fingerprint density at radius 3 is 2.30 bits per heavy atom. The van der Waals surface area contributed by atoms with Crippen molar-refractivity contribution in [2.45, 2.75) is 44.8 Å². The van der Waals surface area contributed by atoms with Crippen LogP contribution in [0.3, 0.4) is 0 Å². The highest BCUT2D eigenvalue weighted by molar-refractivity contribution is 4.92. The Morgan fingerprint density at radius 2 is 2.00 bits per heavy atom. The Balaban J connectivity index is 2.36. The molecule has 1 saturated heterocycles. The average molecular weight is 150 g/mol. The van der Waals surface area contributed by atoms with E-state index in [1.54, 1.807) is 13.8 Å². The summed E-state index contributed by atoms with van der Waals surface area (Å²) < 4.78 is 30.2. The van der Waals surface area contributed by atoms with Gasteiger partial charge >= 0.3 is 0 Å². The van der Waals surface area contributed by atoms with Gasteiger partial charge in [-0.2, -0.15) is 0 Å². The Hall–Kier alpha value is -0.180. The molecule has 1 rings (SSSR count). The van der Waals surface area contributed by atoms with Crippen LogP contribution in [0.1, 0.15) is 26.7 Å². The molecule has 0 saturated carbocycles. The fourth-order valence-electron chi connectivity index (χ4n) is 1.10. The summed E-state index contributed by atoms with van der Waals surface area (Å²) in [6.45, 7) is 3.43. The third-order valence-electron chi connectivity index (χ3n) is 1.71. The second-order valence-corrected chi connectivity index (χ2v) is 2.77. The molecule has 1 aliphatic heterocycles. The van der Waals surface area contributed by atoms with E-state index in [1.165, 1.54) is 0 Å². The van der Waals surface area contributed by atoms with Crippen LogP contribution in [0.25, 0.3) is 0 Å². The minimum absolute atomic E-state index is 0.0536. The standard InChI is InChI=1S/C7H12F2O/c1-3-4-7(8,9)6-5(2)10-6/h5-6H,3-4H2,1-2H3. The van der Waals surface area contributed by atoms with Gasteiger partial charge in [0.1, 0.15) is 6.10 Å². The lowest BCUT2D eigenvalue weighted by molar-refractivity contribution is -0.0345. The smallest absolute Gasteiger partial charge is 0.276 e. The zero-order valence-electron chi connectivity index (χ0n) is 6.23. The summed E-state index contributed by atoms with van der Waals surface area (Å²) in [6.07, 6.45) is -0.573. The van der Waals surface area contributed by atoms with Crippen molar-refractivity contribution in [3.8, 4) is 0 Å². The first-order chi connectivity index (χ1) is 4.58. The fourth-order valence-corrected chi connectivity index (χ4v) is 1.10. The third kappa shape index (κ3) is 1.45. The highest BCUT2D eigenvalue weighted by atomic mass is 19.3. The van der Waals surface area contributed by atoms with Gasteiger partial charge in [-0.3, -0.25) is 0 Å². The van der Waals surface area contributed by atoms with E-state index in [4.69, 9.17) is 0 Å². The van der Waals surface area contributed by atoms with E-state index in [0.717, 1.165) is 0 Å². The number of alkyl halides is 2. The molecule has 0 spiro atoms. The fraction of sp³-hybridized carbons (Fsp3) is 1.00. The molecule has 2 unspecified atom stereocenters. The maximum absolute atomic E-state index is 12.7. The molecule has 1 nitrogen and oxygen atoms in total. The van der Waals surface area contributed by atoms with Gasteiger partial charge in [0.25, 0.3) is 5.92 Å². The third-order valence-corrected chi connectivity index (χ3v) is 1.71. The van der Waals surface area contributed by atoms with E-state index in [9.17, 15) is 8.78 Å². The van der Waals surface area contributed by atoms with Gasteiger partial charge < -0.3 is 4.74 Å². The lowest BCUT2D eigenvalue weighted by atomic mass is 10.1. The molecular formula is C7H12F2O. The van der Waals surface area contributed by atoms with Crippen molar-refractivity contribution in [3.63, 3.8) is 0 Å². The van der Waals surface area contributed by atoms with Crippen LogP contribution in [-0.4, -0.2) is 18.1 Å². The van der Waals surface area contributed by atoms with Gasteiger partial charge in [-0.25, -0.2) is 8.78 Å². The summed E-state index contributed by atoms with van der Waals surface area (Å²) in [6, 6.07) is 0. The van der Waals surface area contributed by atoms with Crippen LogP contribution in [0, 0.1) is 0 Å². The molecule has 10 heavy (non-hydrogen) atoms. The second kappa shape index (κ2) is 2.46. The van der Waals surface area contributed by atoms with Gasteiger partial charge in [0, 0.05) is 6.42 Å². The first-order valence-corrected chi connectivity index (χ1v) is 3.61. The number of epoxide rings is 1. The highest BCUT2D eigenvalue weighted by Gasteiger charge is 2.53. The van der Waals surface area contributed by atoms with Crippen LogP contribution in [0.4, 0.5) is 8.78 Å². The zero-order chi connectivity index (χ0) is 7.78. The first kappa shape index (κ1) is 7.92. The molecule has 1 fully saturated rings. The van der Waals surface area contributed by atoms with Gasteiger partial charge in [-0.1, -0.05) is 13.3 Å². The Morgan fingerprint density at radius 1 is 1.50 bits per heavy atom. The number of hydrogen-bond donors (Lipinski definition) is 0. The van der Waals surface area contributed by atoms with Crippen LogP contribution in [-0.2, 0) is 4.74 Å². The van der Waals surface area contributed by atoms with E-state index in [1.807, 2.05) is 0 Å². The maximum Gasteiger partial charge on any atom is 0.276 e. The van der Waals surface area contributed by atoms with Crippen LogP contribution in [0.15, 0.2) is 0 Å². The number of halogens is 2. The summed E-state index contributed by atoms with van der Waals surface area (Å²) in [5.41, 5.74) is 0. The van der Waals surface area contributed by atoms with Crippen molar-refractivity contribution in [1.82, 2.24) is 0 Å². The zero-order valence-corrected chi connectivity index (χ0v) is 6.23. The van der Waals surface area contributed by atoms with E-state index in [-0.39, 0.29) is 12.5 Å². The number of hydrogen-bond acceptors (Lipinski definition) is 1. The molecule has 0 aromatic heterocycles. The molecule has 0 radical (unpaired) electrons. The van der Waals surface area contributed by atoms with Gasteiger partial charge in [0.05, 0.1) is 6.10 Å². The molecule has 60 valence electrons. The van der Waals surface area contributed by atoms with Crippen molar-refractivity contribution in [3.05, 3.63) is 0 Å². The van der Waals surface area contributed by atoms with Gasteiger partial charge in [-0.15, -0.1) is 0 Å². The minimum atomic E-state index is -2.59. The largest absolute Gasteiger partial charge is 0.363 e. The van der Waals surface area contributed by atoms with E-state index in [0.29, 0.717) is 6.42 Å². The summed E-state index contributed by atoms with van der Waals surface area (Å²) in [5.74, 6) is -2.59. The summed E-state index contributed by atoms with van der Waals surface area (Å²) >= 11 is 0. The molecule has 2 atom stereocenters. The molecule has 0 N–H and O–H groups in total. The molecule has 1 heterocycles. The molecule has 0 bridgehead atoms. The molecule has 0 aromatic carbocycles.